The van der Waals surface area contributed by atoms with Crippen molar-refractivity contribution >= 4 is 34.7 Å². The number of aliphatic carboxylic acids is 1. The fourth-order valence-electron chi connectivity index (χ4n) is 2.82. The second kappa shape index (κ2) is 7.50. The van der Waals surface area contributed by atoms with Crippen LogP contribution in [-0.4, -0.2) is 41.7 Å². The van der Waals surface area contributed by atoms with E-state index in [4.69, 9.17) is 10.2 Å². The highest BCUT2D eigenvalue weighted by atomic mass is 16.4. The number of furan rings is 1. The number of nitrogens with zero attached hydrogens (tertiary/aromatic N) is 5. The van der Waals surface area contributed by atoms with Crippen molar-refractivity contribution in [1.29, 1.82) is 0 Å². The van der Waals surface area contributed by atoms with Gasteiger partial charge in [-0.1, -0.05) is 6.07 Å². The van der Waals surface area contributed by atoms with Gasteiger partial charge in [-0.25, -0.2) is 4.98 Å². The summed E-state index contributed by atoms with van der Waals surface area (Å²) >= 11 is 0. The first kappa shape index (κ1) is 18.9. The van der Waals surface area contributed by atoms with Crippen LogP contribution in [0.3, 0.4) is 0 Å². The Kier molecular flexibility index (Phi) is 4.72. The van der Waals surface area contributed by atoms with Gasteiger partial charge in [0.25, 0.3) is 0 Å². The highest BCUT2D eigenvalue weighted by Crippen LogP contribution is 2.26. The molecule has 0 aliphatic carbocycles. The molecule has 0 aliphatic rings. The minimum Gasteiger partial charge on any atom is -0.481 e. The number of rotatable bonds is 6. The molecule has 4 aromatic rings. The summed E-state index contributed by atoms with van der Waals surface area (Å²) in [7, 11) is 0. The fourth-order valence-corrected chi connectivity index (χ4v) is 2.82. The van der Waals surface area contributed by atoms with Crippen molar-refractivity contribution in [3.8, 4) is 5.82 Å². The largest absolute Gasteiger partial charge is 0.481 e. The van der Waals surface area contributed by atoms with Crippen LogP contribution in [0.15, 0.2) is 47.3 Å². The van der Waals surface area contributed by atoms with E-state index >= 15 is 0 Å². The van der Waals surface area contributed by atoms with E-state index in [0.29, 0.717) is 16.8 Å². The van der Waals surface area contributed by atoms with Gasteiger partial charge < -0.3 is 15.3 Å². The highest BCUT2D eigenvalue weighted by Gasteiger charge is 2.22. The normalized spacial score (nSPS) is 11.9. The van der Waals surface area contributed by atoms with Crippen LogP contribution in [0.4, 0.5) is 11.8 Å². The molecule has 4 heterocycles. The number of anilines is 2. The smallest absolute Gasteiger partial charge is 0.310 e. The van der Waals surface area contributed by atoms with Gasteiger partial charge in [0, 0.05) is 11.8 Å². The zero-order valence-electron chi connectivity index (χ0n) is 15.6. The van der Waals surface area contributed by atoms with Crippen molar-refractivity contribution in [2.45, 2.75) is 12.8 Å². The first-order valence-corrected chi connectivity index (χ1v) is 8.75. The van der Waals surface area contributed by atoms with Crippen molar-refractivity contribution < 1.29 is 19.1 Å². The lowest BCUT2D eigenvalue weighted by atomic mass is 10.0. The molecule has 0 radical (unpaired) electrons. The number of carbonyl (C=O) groups excluding carboxylic acids is 1. The third kappa shape index (κ3) is 3.37. The Balaban J connectivity index is 1.73. The molecule has 1 amide bonds. The monoisotopic (exact) mass is 408 g/mol. The third-order valence-electron chi connectivity index (χ3n) is 4.34. The predicted molar refractivity (Wildman–Crippen MR) is 105 cm³/mol. The van der Waals surface area contributed by atoms with E-state index in [-0.39, 0.29) is 23.2 Å². The number of hydrogen-bond donors (Lipinski definition) is 4. The lowest BCUT2D eigenvalue weighted by molar-refractivity contribution is -0.138. The topological polar surface area (TPSA) is 174 Å². The Hall–Kier alpha value is -4.48. The van der Waals surface area contributed by atoms with Gasteiger partial charge in [-0.05, 0) is 25.1 Å². The molecule has 4 rings (SSSR count). The quantitative estimate of drug-likeness (QED) is 0.341. The number of hydrogen-bond acceptors (Lipinski definition) is 9. The minimum absolute atomic E-state index is 0.0808. The molecule has 12 heteroatoms. The zero-order valence-corrected chi connectivity index (χ0v) is 15.6. The SMILES string of the molecule is CC(C(=O)O)c1cccnc1-n1ncc2c(NNC(=O)c3ccco3)nc(N)nc21. The van der Waals surface area contributed by atoms with Gasteiger partial charge in [-0.15, -0.1) is 0 Å². The molecule has 5 N–H and O–H groups in total. The van der Waals surface area contributed by atoms with Crippen molar-refractivity contribution in [1.82, 2.24) is 30.2 Å². The van der Waals surface area contributed by atoms with Gasteiger partial charge in [0.05, 0.1) is 23.8 Å². The number of aromatic nitrogens is 5. The van der Waals surface area contributed by atoms with E-state index in [9.17, 15) is 14.7 Å². The summed E-state index contributed by atoms with van der Waals surface area (Å²) in [6.07, 6.45) is 4.36. The average molecular weight is 408 g/mol. The average Bonchev–Trinajstić information content (AvgIpc) is 3.41. The van der Waals surface area contributed by atoms with Crippen LogP contribution in [0, 0.1) is 0 Å². The molecule has 0 aromatic carbocycles. The number of fused-ring (bicyclic) bond motifs is 1. The maximum absolute atomic E-state index is 12.1. The van der Waals surface area contributed by atoms with Gasteiger partial charge in [0.1, 0.15) is 0 Å². The molecule has 1 atom stereocenters. The van der Waals surface area contributed by atoms with Gasteiger partial charge in [0.15, 0.2) is 23.0 Å². The molecule has 0 aliphatic heterocycles. The van der Waals surface area contributed by atoms with Crippen molar-refractivity contribution in [2.75, 3.05) is 11.2 Å². The summed E-state index contributed by atoms with van der Waals surface area (Å²) in [4.78, 5) is 36.1. The molecular formula is C18H16N8O4. The van der Waals surface area contributed by atoms with Crippen LogP contribution < -0.4 is 16.6 Å². The molecular weight excluding hydrogens is 392 g/mol. The number of nitrogen functional groups attached to an aromatic ring is 1. The number of carbonyl (C=O) groups is 2. The summed E-state index contributed by atoms with van der Waals surface area (Å²) < 4.78 is 6.41. The fraction of sp³-hybridized carbons (Fsp3) is 0.111. The Morgan fingerprint density at radius 3 is 2.83 bits per heavy atom. The molecule has 0 spiro atoms. The lowest BCUT2D eigenvalue weighted by Crippen LogP contribution is -2.29. The maximum atomic E-state index is 12.1. The van der Waals surface area contributed by atoms with Gasteiger partial charge in [0.2, 0.25) is 5.95 Å². The Morgan fingerprint density at radius 2 is 2.10 bits per heavy atom. The van der Waals surface area contributed by atoms with E-state index < -0.39 is 17.8 Å². The summed E-state index contributed by atoms with van der Waals surface area (Å²) in [5.41, 5.74) is 11.7. The standard InChI is InChI=1S/C18H16N8O4/c1-9(17(28)29)10-4-2-6-20-14(10)26-15-11(8-21-26)13(22-18(19)23-15)24-25-16(27)12-5-3-7-30-12/h2-9H,1H3,(H,25,27)(H,28,29)(H3,19,22,23,24). The predicted octanol–water partition coefficient (Wildman–Crippen LogP) is 1.33. The molecule has 1 unspecified atom stereocenters. The second-order valence-electron chi connectivity index (χ2n) is 6.26. The van der Waals surface area contributed by atoms with E-state index in [0.717, 1.165) is 0 Å². The molecule has 4 aromatic heterocycles. The second-order valence-corrected chi connectivity index (χ2v) is 6.26. The van der Waals surface area contributed by atoms with Gasteiger partial charge in [-0.3, -0.25) is 20.4 Å². The number of amides is 1. The number of carboxylic acids is 1. The summed E-state index contributed by atoms with van der Waals surface area (Å²) in [5, 5.41) is 14.1. The number of nitrogens with one attached hydrogen (secondary N) is 2. The number of pyridine rings is 1. The van der Waals surface area contributed by atoms with Crippen LogP contribution in [-0.2, 0) is 4.79 Å². The summed E-state index contributed by atoms with van der Waals surface area (Å²) in [5.74, 6) is -1.81. The van der Waals surface area contributed by atoms with Gasteiger partial charge in [-0.2, -0.15) is 19.7 Å². The molecule has 0 fully saturated rings. The van der Waals surface area contributed by atoms with Crippen molar-refractivity contribution in [3.05, 3.63) is 54.2 Å². The molecule has 0 bridgehead atoms. The van der Waals surface area contributed by atoms with E-state index in [1.165, 1.54) is 29.4 Å². The molecule has 30 heavy (non-hydrogen) atoms. The van der Waals surface area contributed by atoms with E-state index in [2.05, 4.69) is 30.9 Å². The minimum atomic E-state index is -1.00. The maximum Gasteiger partial charge on any atom is 0.310 e. The Bertz CT molecular complexity index is 1230. The Labute approximate surface area is 168 Å². The number of carboxylic acid groups (broad SMARTS) is 1. The van der Waals surface area contributed by atoms with Crippen LogP contribution in [0.2, 0.25) is 0 Å². The van der Waals surface area contributed by atoms with Crippen LogP contribution in [0.1, 0.15) is 29.0 Å². The summed E-state index contributed by atoms with van der Waals surface area (Å²) in [6, 6.07) is 6.39. The molecule has 0 saturated carbocycles. The molecule has 12 nitrogen and oxygen atoms in total. The van der Waals surface area contributed by atoms with Crippen LogP contribution >= 0.6 is 0 Å². The number of nitrogens with two attached hydrogens (primary N) is 1. The van der Waals surface area contributed by atoms with E-state index in [1.807, 2.05) is 0 Å². The highest BCUT2D eigenvalue weighted by molar-refractivity contribution is 5.94. The van der Waals surface area contributed by atoms with E-state index in [1.54, 1.807) is 25.1 Å². The number of hydrazine groups is 1. The molecule has 0 saturated heterocycles. The first-order chi connectivity index (χ1) is 14.5. The van der Waals surface area contributed by atoms with Crippen LogP contribution in [0.25, 0.3) is 16.9 Å². The van der Waals surface area contributed by atoms with Crippen molar-refractivity contribution in [2.24, 2.45) is 0 Å². The van der Waals surface area contributed by atoms with Gasteiger partial charge >= 0.3 is 11.9 Å². The summed E-state index contributed by atoms with van der Waals surface area (Å²) in [6.45, 7) is 1.55. The first-order valence-electron chi connectivity index (χ1n) is 8.75. The zero-order chi connectivity index (χ0) is 21.3. The lowest BCUT2D eigenvalue weighted by Gasteiger charge is -2.12. The van der Waals surface area contributed by atoms with Crippen molar-refractivity contribution in [3.63, 3.8) is 0 Å². The van der Waals surface area contributed by atoms with Crippen LogP contribution in [0.5, 0.6) is 0 Å². The Morgan fingerprint density at radius 1 is 1.27 bits per heavy atom. The molecule has 152 valence electrons. The third-order valence-corrected chi connectivity index (χ3v) is 4.34.